The second kappa shape index (κ2) is 6.70. The average Bonchev–Trinajstić information content (AvgIpc) is 2.48. The summed E-state index contributed by atoms with van der Waals surface area (Å²) in [7, 11) is 3.80. The molecule has 1 aromatic carbocycles. The molecule has 2 rings (SSSR count). The van der Waals surface area contributed by atoms with Gasteiger partial charge in [-0.05, 0) is 24.1 Å². The van der Waals surface area contributed by atoms with E-state index in [2.05, 4.69) is 22.4 Å². The number of carbonyl (C=O) groups excluding carboxylic acids is 1. The molecule has 0 spiro atoms. The van der Waals surface area contributed by atoms with Crippen molar-refractivity contribution in [3.63, 3.8) is 0 Å². The summed E-state index contributed by atoms with van der Waals surface area (Å²) in [6.45, 7) is 0.608. The molecule has 0 saturated heterocycles. The number of hydrogen-bond acceptors (Lipinski definition) is 3. The lowest BCUT2D eigenvalue weighted by molar-refractivity contribution is 0.0949. The summed E-state index contributed by atoms with van der Waals surface area (Å²) in [6.07, 6.45) is 0.819. The maximum absolute atomic E-state index is 12.0. The van der Waals surface area contributed by atoms with Crippen LogP contribution < -0.4 is 10.2 Å². The van der Waals surface area contributed by atoms with Crippen molar-refractivity contribution in [3.05, 3.63) is 59.8 Å². The monoisotopic (exact) mass is 269 g/mol. The molecule has 1 aromatic heterocycles. The van der Waals surface area contributed by atoms with E-state index in [0.29, 0.717) is 12.2 Å². The van der Waals surface area contributed by atoms with Crippen LogP contribution in [-0.4, -0.2) is 31.5 Å². The van der Waals surface area contributed by atoms with E-state index in [0.717, 1.165) is 12.2 Å². The molecule has 0 aliphatic rings. The SMILES string of the molecule is CN(C)c1cccc(C(=O)NCCc2ccccc2)n1. The van der Waals surface area contributed by atoms with Crippen LogP contribution in [0.15, 0.2) is 48.5 Å². The number of carbonyl (C=O) groups is 1. The van der Waals surface area contributed by atoms with E-state index in [1.54, 1.807) is 6.07 Å². The average molecular weight is 269 g/mol. The van der Waals surface area contributed by atoms with Gasteiger partial charge in [0.25, 0.3) is 5.91 Å². The Morgan fingerprint density at radius 3 is 2.55 bits per heavy atom. The maximum atomic E-state index is 12.0. The number of hydrogen-bond donors (Lipinski definition) is 1. The molecule has 0 radical (unpaired) electrons. The van der Waals surface area contributed by atoms with Crippen molar-refractivity contribution in [1.29, 1.82) is 0 Å². The van der Waals surface area contributed by atoms with Crippen LogP contribution in [0.4, 0.5) is 5.82 Å². The fourth-order valence-electron chi connectivity index (χ4n) is 1.85. The van der Waals surface area contributed by atoms with Crippen LogP contribution in [-0.2, 0) is 6.42 Å². The summed E-state index contributed by atoms with van der Waals surface area (Å²) >= 11 is 0. The van der Waals surface area contributed by atoms with Crippen LogP contribution in [0.2, 0.25) is 0 Å². The lowest BCUT2D eigenvalue weighted by Gasteiger charge is -2.12. The van der Waals surface area contributed by atoms with Crippen molar-refractivity contribution >= 4 is 11.7 Å². The molecule has 1 heterocycles. The highest BCUT2D eigenvalue weighted by atomic mass is 16.1. The van der Waals surface area contributed by atoms with Gasteiger partial charge in [0.15, 0.2) is 0 Å². The number of nitrogens with one attached hydrogen (secondary N) is 1. The Bertz CT molecular complexity index is 567. The first-order chi connectivity index (χ1) is 9.66. The predicted octanol–water partition coefficient (Wildman–Crippen LogP) is 2.12. The quantitative estimate of drug-likeness (QED) is 0.904. The zero-order valence-electron chi connectivity index (χ0n) is 11.8. The second-order valence-corrected chi connectivity index (χ2v) is 4.77. The third-order valence-electron chi connectivity index (χ3n) is 2.97. The Morgan fingerprint density at radius 1 is 1.10 bits per heavy atom. The van der Waals surface area contributed by atoms with Gasteiger partial charge in [0.05, 0.1) is 0 Å². The first-order valence-corrected chi connectivity index (χ1v) is 6.63. The molecule has 0 atom stereocenters. The van der Waals surface area contributed by atoms with Crippen LogP contribution in [0.5, 0.6) is 0 Å². The van der Waals surface area contributed by atoms with Gasteiger partial charge in [-0.2, -0.15) is 0 Å². The van der Waals surface area contributed by atoms with E-state index < -0.39 is 0 Å². The molecule has 2 aromatic rings. The van der Waals surface area contributed by atoms with Gasteiger partial charge in [-0.15, -0.1) is 0 Å². The summed E-state index contributed by atoms with van der Waals surface area (Å²) < 4.78 is 0. The Hall–Kier alpha value is -2.36. The van der Waals surface area contributed by atoms with Crippen molar-refractivity contribution in [3.8, 4) is 0 Å². The van der Waals surface area contributed by atoms with Crippen molar-refractivity contribution in [1.82, 2.24) is 10.3 Å². The Morgan fingerprint density at radius 2 is 1.85 bits per heavy atom. The zero-order chi connectivity index (χ0) is 14.4. The van der Waals surface area contributed by atoms with Crippen LogP contribution in [0.25, 0.3) is 0 Å². The summed E-state index contributed by atoms with van der Waals surface area (Å²) in [5.74, 6) is 0.644. The van der Waals surface area contributed by atoms with Gasteiger partial charge in [-0.25, -0.2) is 4.98 Å². The van der Waals surface area contributed by atoms with Gasteiger partial charge >= 0.3 is 0 Å². The molecular weight excluding hydrogens is 250 g/mol. The largest absolute Gasteiger partial charge is 0.363 e. The summed E-state index contributed by atoms with van der Waals surface area (Å²) in [5, 5.41) is 2.89. The lowest BCUT2D eigenvalue weighted by Crippen LogP contribution is -2.27. The van der Waals surface area contributed by atoms with Crippen molar-refractivity contribution < 1.29 is 4.79 Å². The lowest BCUT2D eigenvalue weighted by atomic mass is 10.1. The predicted molar refractivity (Wildman–Crippen MR) is 81.0 cm³/mol. The van der Waals surface area contributed by atoms with Crippen LogP contribution in [0.3, 0.4) is 0 Å². The van der Waals surface area contributed by atoms with Crippen molar-refractivity contribution in [2.45, 2.75) is 6.42 Å². The van der Waals surface area contributed by atoms with Crippen LogP contribution in [0.1, 0.15) is 16.1 Å². The zero-order valence-corrected chi connectivity index (χ0v) is 11.8. The van der Waals surface area contributed by atoms with Gasteiger partial charge in [-0.1, -0.05) is 36.4 Å². The minimum Gasteiger partial charge on any atom is -0.363 e. The van der Waals surface area contributed by atoms with Gasteiger partial charge in [-0.3, -0.25) is 4.79 Å². The van der Waals surface area contributed by atoms with E-state index in [9.17, 15) is 4.79 Å². The third-order valence-corrected chi connectivity index (χ3v) is 2.97. The molecule has 0 saturated carbocycles. The fourth-order valence-corrected chi connectivity index (χ4v) is 1.85. The van der Waals surface area contributed by atoms with Crippen molar-refractivity contribution in [2.24, 2.45) is 0 Å². The highest BCUT2D eigenvalue weighted by Crippen LogP contribution is 2.07. The maximum Gasteiger partial charge on any atom is 0.269 e. The Labute approximate surface area is 119 Å². The molecule has 0 aliphatic carbocycles. The number of benzene rings is 1. The minimum atomic E-state index is -0.135. The standard InChI is InChI=1S/C16H19N3O/c1-19(2)15-10-6-9-14(18-15)16(20)17-12-11-13-7-4-3-5-8-13/h3-10H,11-12H2,1-2H3,(H,17,20). The molecule has 4 heteroatoms. The molecule has 0 aliphatic heterocycles. The molecule has 1 amide bonds. The number of amides is 1. The second-order valence-electron chi connectivity index (χ2n) is 4.77. The highest BCUT2D eigenvalue weighted by Gasteiger charge is 2.08. The molecule has 0 fully saturated rings. The minimum absolute atomic E-state index is 0.135. The van der Waals surface area contributed by atoms with Gasteiger partial charge in [0.2, 0.25) is 0 Å². The number of anilines is 1. The smallest absolute Gasteiger partial charge is 0.269 e. The first kappa shape index (κ1) is 14.1. The van der Waals surface area contributed by atoms with Crippen molar-refractivity contribution in [2.75, 3.05) is 25.5 Å². The van der Waals surface area contributed by atoms with E-state index >= 15 is 0 Å². The summed E-state index contributed by atoms with van der Waals surface area (Å²) in [4.78, 5) is 18.2. The van der Waals surface area contributed by atoms with E-state index in [-0.39, 0.29) is 5.91 Å². The molecule has 0 bridgehead atoms. The van der Waals surface area contributed by atoms with E-state index in [4.69, 9.17) is 0 Å². The Kier molecular flexibility index (Phi) is 4.71. The molecule has 0 unspecified atom stereocenters. The van der Waals surface area contributed by atoms with Gasteiger partial charge < -0.3 is 10.2 Å². The van der Waals surface area contributed by atoms with Crippen LogP contribution >= 0.6 is 0 Å². The van der Waals surface area contributed by atoms with Gasteiger partial charge in [0.1, 0.15) is 11.5 Å². The van der Waals surface area contributed by atoms with E-state index in [1.807, 2.05) is 49.3 Å². The van der Waals surface area contributed by atoms with Gasteiger partial charge in [0, 0.05) is 20.6 Å². The number of rotatable bonds is 5. The normalized spacial score (nSPS) is 10.1. The number of aromatic nitrogens is 1. The number of nitrogens with zero attached hydrogens (tertiary/aromatic N) is 2. The number of pyridine rings is 1. The fraction of sp³-hybridized carbons (Fsp3) is 0.250. The summed E-state index contributed by atoms with van der Waals surface area (Å²) in [6, 6.07) is 15.5. The topological polar surface area (TPSA) is 45.2 Å². The molecule has 4 nitrogen and oxygen atoms in total. The third kappa shape index (κ3) is 3.82. The molecule has 1 N–H and O–H groups in total. The van der Waals surface area contributed by atoms with Crippen LogP contribution in [0, 0.1) is 0 Å². The molecule has 104 valence electrons. The summed E-state index contributed by atoms with van der Waals surface area (Å²) in [5.41, 5.74) is 1.66. The van der Waals surface area contributed by atoms with E-state index in [1.165, 1.54) is 5.56 Å². The molecule has 20 heavy (non-hydrogen) atoms. The highest BCUT2D eigenvalue weighted by molar-refractivity contribution is 5.92. The molecular formula is C16H19N3O. The first-order valence-electron chi connectivity index (χ1n) is 6.63. The Balaban J connectivity index is 1.90.